The summed E-state index contributed by atoms with van der Waals surface area (Å²) in [7, 11) is 0. The number of aliphatic imine (C=N–C) groups is 1. The summed E-state index contributed by atoms with van der Waals surface area (Å²) in [6.45, 7) is 1.92. The van der Waals surface area contributed by atoms with Crippen LogP contribution >= 0.6 is 11.8 Å². The molecule has 1 fully saturated rings. The fourth-order valence-corrected chi connectivity index (χ4v) is 4.55. The van der Waals surface area contributed by atoms with Gasteiger partial charge in [0, 0.05) is 65.6 Å². The van der Waals surface area contributed by atoms with Crippen LogP contribution in [0.3, 0.4) is 0 Å². The zero-order valence-corrected chi connectivity index (χ0v) is 18.5. The molecular formula is C24H24N6OS. The van der Waals surface area contributed by atoms with Crippen LogP contribution in [0.1, 0.15) is 17.0 Å². The lowest BCUT2D eigenvalue weighted by Crippen LogP contribution is -2.20. The van der Waals surface area contributed by atoms with E-state index >= 15 is 0 Å². The molecule has 0 unspecified atom stereocenters. The SMILES string of the molecule is C(=NCc1cc(N2CCSC2)nc(OCCc2ccccn2)n1)c1c[nH]c2ccccc12. The second kappa shape index (κ2) is 9.82. The number of para-hydroxylation sites is 1. The third-order valence-electron chi connectivity index (χ3n) is 5.24. The molecule has 0 aliphatic carbocycles. The number of aromatic nitrogens is 4. The van der Waals surface area contributed by atoms with Gasteiger partial charge in [0.05, 0.1) is 24.7 Å². The number of rotatable bonds is 8. The Kier molecular flexibility index (Phi) is 6.30. The number of pyridine rings is 1. The maximum absolute atomic E-state index is 5.91. The van der Waals surface area contributed by atoms with E-state index in [4.69, 9.17) is 4.74 Å². The average Bonchev–Trinajstić information content (AvgIpc) is 3.51. The fraction of sp³-hybridized carbons (Fsp3) is 0.250. The van der Waals surface area contributed by atoms with Gasteiger partial charge in [-0.25, -0.2) is 0 Å². The van der Waals surface area contributed by atoms with Crippen molar-refractivity contribution >= 4 is 34.7 Å². The summed E-state index contributed by atoms with van der Waals surface area (Å²) in [6.07, 6.45) is 6.38. The minimum atomic E-state index is 0.396. The zero-order valence-electron chi connectivity index (χ0n) is 17.6. The summed E-state index contributed by atoms with van der Waals surface area (Å²) in [5.41, 5.74) is 4.00. The number of fused-ring (bicyclic) bond motifs is 1. The molecule has 5 rings (SSSR count). The maximum Gasteiger partial charge on any atom is 0.318 e. The van der Waals surface area contributed by atoms with Crippen molar-refractivity contribution in [1.82, 2.24) is 19.9 Å². The van der Waals surface area contributed by atoms with Crippen molar-refractivity contribution in [2.75, 3.05) is 29.7 Å². The fourth-order valence-electron chi connectivity index (χ4n) is 3.59. The highest BCUT2D eigenvalue weighted by atomic mass is 32.2. The van der Waals surface area contributed by atoms with Crippen molar-refractivity contribution in [3.8, 4) is 6.01 Å². The second-order valence-corrected chi connectivity index (χ2v) is 8.55. The van der Waals surface area contributed by atoms with Gasteiger partial charge in [0.25, 0.3) is 0 Å². The molecule has 0 bridgehead atoms. The Bertz CT molecular complexity index is 1200. The molecule has 3 aromatic heterocycles. The topological polar surface area (TPSA) is 79.3 Å². The van der Waals surface area contributed by atoms with Crippen LogP contribution in [0.5, 0.6) is 6.01 Å². The van der Waals surface area contributed by atoms with Crippen molar-refractivity contribution < 1.29 is 4.74 Å². The van der Waals surface area contributed by atoms with Gasteiger partial charge in [0.1, 0.15) is 5.82 Å². The summed E-state index contributed by atoms with van der Waals surface area (Å²) in [5, 5.41) is 1.16. The quantitative estimate of drug-likeness (QED) is 0.412. The lowest BCUT2D eigenvalue weighted by Gasteiger charge is -2.17. The van der Waals surface area contributed by atoms with E-state index in [1.807, 2.05) is 60.6 Å². The number of ether oxygens (including phenoxy) is 1. The number of hydrogen-bond acceptors (Lipinski definition) is 7. The van der Waals surface area contributed by atoms with Crippen molar-refractivity contribution in [3.05, 3.63) is 77.9 Å². The molecule has 1 aliphatic rings. The number of thioether (sulfide) groups is 1. The number of nitrogens with zero attached hydrogens (tertiary/aromatic N) is 5. The minimum absolute atomic E-state index is 0.396. The molecule has 1 N–H and O–H groups in total. The first kappa shape index (κ1) is 20.5. The van der Waals surface area contributed by atoms with Crippen LogP contribution in [-0.2, 0) is 13.0 Å². The molecular weight excluding hydrogens is 420 g/mol. The van der Waals surface area contributed by atoms with Gasteiger partial charge in [-0.2, -0.15) is 9.97 Å². The average molecular weight is 445 g/mol. The lowest BCUT2D eigenvalue weighted by atomic mass is 10.2. The van der Waals surface area contributed by atoms with Crippen LogP contribution in [0, 0.1) is 0 Å². The van der Waals surface area contributed by atoms with Gasteiger partial charge in [-0.05, 0) is 18.2 Å². The van der Waals surface area contributed by atoms with Crippen LogP contribution in [-0.4, -0.2) is 50.9 Å². The number of benzene rings is 1. The molecule has 4 heterocycles. The number of H-pyrrole nitrogens is 1. The van der Waals surface area contributed by atoms with Crippen LogP contribution < -0.4 is 9.64 Å². The van der Waals surface area contributed by atoms with E-state index in [1.165, 1.54) is 0 Å². The van der Waals surface area contributed by atoms with E-state index < -0.39 is 0 Å². The Morgan fingerprint density at radius 1 is 1.12 bits per heavy atom. The zero-order chi connectivity index (χ0) is 21.6. The van der Waals surface area contributed by atoms with Crippen LogP contribution in [0.25, 0.3) is 10.9 Å². The molecule has 8 heteroatoms. The Morgan fingerprint density at radius 3 is 2.94 bits per heavy atom. The molecule has 4 aromatic rings. The first-order chi connectivity index (χ1) is 15.8. The highest BCUT2D eigenvalue weighted by Gasteiger charge is 2.16. The van der Waals surface area contributed by atoms with Gasteiger partial charge >= 0.3 is 6.01 Å². The van der Waals surface area contributed by atoms with Crippen LogP contribution in [0.4, 0.5) is 5.82 Å². The van der Waals surface area contributed by atoms with Crippen molar-refractivity contribution in [2.24, 2.45) is 4.99 Å². The molecule has 0 radical (unpaired) electrons. The Hall–Kier alpha value is -3.39. The Balaban J connectivity index is 1.31. The summed E-state index contributed by atoms with van der Waals surface area (Å²) < 4.78 is 5.91. The molecule has 0 atom stereocenters. The minimum Gasteiger partial charge on any atom is -0.463 e. The number of hydrogen-bond donors (Lipinski definition) is 1. The molecule has 162 valence electrons. The predicted molar refractivity (Wildman–Crippen MR) is 130 cm³/mol. The lowest BCUT2D eigenvalue weighted by molar-refractivity contribution is 0.294. The standard InChI is InChI=1S/C24H24N6OS/c1-2-7-22-21(6-1)18(15-27-22)14-25-16-20-13-23(30-10-12-32-17-30)29-24(28-20)31-11-8-19-5-3-4-9-26-19/h1-7,9,13-15,27H,8,10-12,16-17H2. The van der Waals surface area contributed by atoms with E-state index in [9.17, 15) is 0 Å². The highest BCUT2D eigenvalue weighted by Crippen LogP contribution is 2.24. The summed E-state index contributed by atoms with van der Waals surface area (Å²) in [4.78, 5) is 23.8. The van der Waals surface area contributed by atoms with E-state index in [1.54, 1.807) is 6.20 Å². The van der Waals surface area contributed by atoms with Gasteiger partial charge in [0.15, 0.2) is 0 Å². The number of aromatic amines is 1. The summed E-state index contributed by atoms with van der Waals surface area (Å²) >= 11 is 1.90. The molecule has 0 amide bonds. The van der Waals surface area contributed by atoms with E-state index in [0.717, 1.165) is 51.8 Å². The third kappa shape index (κ3) is 4.91. The van der Waals surface area contributed by atoms with E-state index in [-0.39, 0.29) is 0 Å². The van der Waals surface area contributed by atoms with Gasteiger partial charge in [-0.3, -0.25) is 9.98 Å². The Morgan fingerprint density at radius 2 is 2.06 bits per heavy atom. The van der Waals surface area contributed by atoms with Crippen LogP contribution in [0.2, 0.25) is 0 Å². The van der Waals surface area contributed by atoms with Crippen molar-refractivity contribution in [3.63, 3.8) is 0 Å². The Labute approximate surface area is 191 Å². The molecule has 0 saturated carbocycles. The van der Waals surface area contributed by atoms with E-state index in [0.29, 0.717) is 25.6 Å². The first-order valence-corrected chi connectivity index (χ1v) is 11.8. The molecule has 1 saturated heterocycles. The molecule has 0 spiro atoms. The molecule has 1 aromatic carbocycles. The third-order valence-corrected chi connectivity index (χ3v) is 6.21. The molecule has 1 aliphatic heterocycles. The van der Waals surface area contributed by atoms with E-state index in [2.05, 4.69) is 42.0 Å². The second-order valence-electron chi connectivity index (χ2n) is 7.48. The molecule has 32 heavy (non-hydrogen) atoms. The largest absolute Gasteiger partial charge is 0.463 e. The number of anilines is 1. The predicted octanol–water partition coefficient (Wildman–Crippen LogP) is 4.10. The van der Waals surface area contributed by atoms with Gasteiger partial charge < -0.3 is 14.6 Å². The number of nitrogens with one attached hydrogen (secondary N) is 1. The summed E-state index contributed by atoms with van der Waals surface area (Å²) in [5.74, 6) is 2.94. The van der Waals surface area contributed by atoms with Gasteiger partial charge in [-0.1, -0.05) is 24.3 Å². The normalized spacial score (nSPS) is 13.9. The molecule has 7 nitrogen and oxygen atoms in total. The monoisotopic (exact) mass is 444 g/mol. The highest BCUT2D eigenvalue weighted by molar-refractivity contribution is 7.99. The van der Waals surface area contributed by atoms with Gasteiger partial charge in [0.2, 0.25) is 0 Å². The van der Waals surface area contributed by atoms with Crippen LogP contribution in [0.15, 0.2) is 65.9 Å². The maximum atomic E-state index is 5.91. The smallest absolute Gasteiger partial charge is 0.318 e. The van der Waals surface area contributed by atoms with Gasteiger partial charge in [-0.15, -0.1) is 11.8 Å². The summed E-state index contributed by atoms with van der Waals surface area (Å²) in [6, 6.07) is 16.5. The first-order valence-electron chi connectivity index (χ1n) is 10.6. The van der Waals surface area contributed by atoms with Crippen molar-refractivity contribution in [1.29, 1.82) is 0 Å². The van der Waals surface area contributed by atoms with Crippen molar-refractivity contribution in [2.45, 2.75) is 13.0 Å².